The van der Waals surface area contributed by atoms with Crippen LogP contribution in [0.5, 0.6) is 0 Å². The van der Waals surface area contributed by atoms with Gasteiger partial charge in [0.1, 0.15) is 0 Å². The standard InChI is InChI=1S/C15H13N3O8/c1-18-7-11(17-8-18)13(21)26-15(24-9-19,14(22)23-2)25-12(20)10-3-5-16-6-4-10/h3-9H,1-2H3. The van der Waals surface area contributed by atoms with Gasteiger partial charge in [-0.1, -0.05) is 0 Å². The third kappa shape index (κ3) is 4.01. The third-order valence-electron chi connectivity index (χ3n) is 2.92. The molecule has 0 aliphatic carbocycles. The molecule has 0 saturated carbocycles. The molecule has 1 unspecified atom stereocenters. The van der Waals surface area contributed by atoms with E-state index < -0.39 is 23.9 Å². The van der Waals surface area contributed by atoms with Crippen LogP contribution in [-0.4, -0.2) is 52.0 Å². The lowest BCUT2D eigenvalue weighted by molar-refractivity contribution is -0.298. The van der Waals surface area contributed by atoms with Gasteiger partial charge in [-0.05, 0) is 12.1 Å². The van der Waals surface area contributed by atoms with Gasteiger partial charge in [0.25, 0.3) is 6.47 Å². The van der Waals surface area contributed by atoms with Crippen LogP contribution >= 0.6 is 0 Å². The van der Waals surface area contributed by atoms with Gasteiger partial charge in [0.05, 0.1) is 19.0 Å². The normalized spacial score (nSPS) is 12.4. The summed E-state index contributed by atoms with van der Waals surface area (Å²) in [6.45, 7) is -0.234. The summed E-state index contributed by atoms with van der Waals surface area (Å²) in [5.74, 6) is -6.85. The fourth-order valence-corrected chi connectivity index (χ4v) is 1.75. The minimum absolute atomic E-state index is 0.0448. The van der Waals surface area contributed by atoms with Crippen molar-refractivity contribution < 1.29 is 38.1 Å². The highest BCUT2D eigenvalue weighted by molar-refractivity contribution is 5.94. The van der Waals surface area contributed by atoms with Crippen LogP contribution in [0.25, 0.3) is 0 Å². The van der Waals surface area contributed by atoms with Crippen LogP contribution in [0.4, 0.5) is 0 Å². The Morgan fingerprint density at radius 2 is 1.81 bits per heavy atom. The van der Waals surface area contributed by atoms with Gasteiger partial charge in [-0.15, -0.1) is 0 Å². The molecule has 2 heterocycles. The third-order valence-corrected chi connectivity index (χ3v) is 2.92. The van der Waals surface area contributed by atoms with Crippen LogP contribution in [0.3, 0.4) is 0 Å². The Labute approximate surface area is 146 Å². The van der Waals surface area contributed by atoms with Crippen molar-refractivity contribution in [2.45, 2.75) is 5.97 Å². The second kappa shape index (κ2) is 7.88. The molecule has 11 heteroatoms. The van der Waals surface area contributed by atoms with Crippen molar-refractivity contribution in [1.82, 2.24) is 14.5 Å². The lowest BCUT2D eigenvalue weighted by atomic mass is 10.3. The van der Waals surface area contributed by atoms with Gasteiger partial charge in [0.2, 0.25) is 0 Å². The molecule has 0 fully saturated rings. The SMILES string of the molecule is COC(=O)C(OC=O)(OC(=O)c1ccncc1)OC(=O)c1cn(C)cn1. The second-order valence-electron chi connectivity index (χ2n) is 4.70. The van der Waals surface area contributed by atoms with Crippen molar-refractivity contribution in [3.05, 3.63) is 48.3 Å². The van der Waals surface area contributed by atoms with Gasteiger partial charge < -0.3 is 23.5 Å². The molecule has 11 nitrogen and oxygen atoms in total. The summed E-state index contributed by atoms with van der Waals surface area (Å²) in [6.07, 6.45) is 5.14. The molecule has 0 amide bonds. The number of imidazole rings is 1. The van der Waals surface area contributed by atoms with E-state index in [1.807, 2.05) is 0 Å². The van der Waals surface area contributed by atoms with E-state index in [2.05, 4.69) is 19.4 Å². The Morgan fingerprint density at radius 3 is 2.35 bits per heavy atom. The Balaban J connectivity index is 2.34. The number of methoxy groups -OCH3 is 1. The van der Waals surface area contributed by atoms with Gasteiger partial charge in [0, 0.05) is 25.6 Å². The van der Waals surface area contributed by atoms with Crippen LogP contribution in [0.1, 0.15) is 20.8 Å². The van der Waals surface area contributed by atoms with Gasteiger partial charge in [-0.25, -0.2) is 19.4 Å². The first-order chi connectivity index (χ1) is 12.4. The molecular weight excluding hydrogens is 350 g/mol. The highest BCUT2D eigenvalue weighted by Gasteiger charge is 2.53. The van der Waals surface area contributed by atoms with E-state index in [1.165, 1.54) is 41.6 Å². The Bertz CT molecular complexity index is 819. The number of nitrogens with zero attached hydrogens (tertiary/aromatic N) is 3. The van der Waals surface area contributed by atoms with E-state index in [4.69, 9.17) is 9.47 Å². The first kappa shape index (κ1) is 18.6. The van der Waals surface area contributed by atoms with Crippen LogP contribution in [0.2, 0.25) is 0 Å². The minimum atomic E-state index is -3.08. The van der Waals surface area contributed by atoms with Gasteiger partial charge >= 0.3 is 23.9 Å². The zero-order chi connectivity index (χ0) is 19.2. The number of aromatic nitrogens is 3. The number of carbonyl (C=O) groups is 4. The molecule has 2 aromatic heterocycles. The maximum absolute atomic E-state index is 12.2. The number of rotatable bonds is 7. The molecule has 0 saturated heterocycles. The van der Waals surface area contributed by atoms with Crippen molar-refractivity contribution in [1.29, 1.82) is 0 Å². The smallest absolute Gasteiger partial charge is 0.460 e. The Hall–Kier alpha value is -3.76. The van der Waals surface area contributed by atoms with Crippen LogP contribution < -0.4 is 0 Å². The lowest BCUT2D eigenvalue weighted by Gasteiger charge is -2.26. The van der Waals surface area contributed by atoms with Crippen molar-refractivity contribution >= 4 is 24.4 Å². The summed E-state index contributed by atoms with van der Waals surface area (Å²) in [6, 6.07) is 2.54. The van der Waals surface area contributed by atoms with Gasteiger partial charge in [-0.3, -0.25) is 9.78 Å². The van der Waals surface area contributed by atoms with Gasteiger partial charge in [-0.2, -0.15) is 0 Å². The number of carbonyl (C=O) groups excluding carboxylic acids is 4. The first-order valence-corrected chi connectivity index (χ1v) is 6.96. The maximum atomic E-state index is 12.2. The topological polar surface area (TPSA) is 136 Å². The molecule has 1 atom stereocenters. The molecule has 136 valence electrons. The summed E-state index contributed by atoms with van der Waals surface area (Å²) in [5.41, 5.74) is -0.271. The minimum Gasteiger partial charge on any atom is -0.460 e. The van der Waals surface area contributed by atoms with E-state index in [1.54, 1.807) is 7.05 Å². The molecule has 0 radical (unpaired) electrons. The maximum Gasteiger partial charge on any atom is 0.530 e. The average molecular weight is 363 g/mol. The molecule has 2 aromatic rings. The summed E-state index contributed by atoms with van der Waals surface area (Å²) >= 11 is 0. The van der Waals surface area contributed by atoms with E-state index in [9.17, 15) is 19.2 Å². The molecule has 26 heavy (non-hydrogen) atoms. The average Bonchev–Trinajstić information content (AvgIpc) is 3.08. The molecule has 0 aliphatic heterocycles. The van der Waals surface area contributed by atoms with Crippen molar-refractivity contribution in [2.75, 3.05) is 7.11 Å². The fraction of sp³-hybridized carbons (Fsp3) is 0.200. The summed E-state index contributed by atoms with van der Waals surface area (Å²) in [7, 11) is 2.50. The summed E-state index contributed by atoms with van der Waals surface area (Å²) in [4.78, 5) is 54.7. The van der Waals surface area contributed by atoms with Gasteiger partial charge in [0.15, 0.2) is 5.69 Å². The Kier molecular flexibility index (Phi) is 5.63. The van der Waals surface area contributed by atoms with E-state index in [0.717, 1.165) is 7.11 Å². The predicted octanol–water partition coefficient (Wildman–Crippen LogP) is -0.171. The highest BCUT2D eigenvalue weighted by atomic mass is 16.9. The zero-order valence-corrected chi connectivity index (χ0v) is 13.6. The molecular formula is C15H13N3O8. The monoisotopic (exact) mass is 363 g/mol. The van der Waals surface area contributed by atoms with E-state index in [-0.39, 0.29) is 17.7 Å². The van der Waals surface area contributed by atoms with Crippen LogP contribution in [0.15, 0.2) is 37.1 Å². The number of esters is 3. The second-order valence-corrected chi connectivity index (χ2v) is 4.70. The highest BCUT2D eigenvalue weighted by Crippen LogP contribution is 2.21. The lowest BCUT2D eigenvalue weighted by Crippen LogP contribution is -2.50. The largest absolute Gasteiger partial charge is 0.530 e. The van der Waals surface area contributed by atoms with E-state index >= 15 is 0 Å². The number of ether oxygens (including phenoxy) is 4. The first-order valence-electron chi connectivity index (χ1n) is 6.96. The molecule has 0 spiro atoms. The van der Waals surface area contributed by atoms with Crippen LogP contribution in [0, 0.1) is 0 Å². The number of pyridine rings is 1. The summed E-state index contributed by atoms with van der Waals surface area (Å²) < 4.78 is 20.0. The molecule has 0 N–H and O–H groups in total. The molecule has 0 aliphatic rings. The predicted molar refractivity (Wildman–Crippen MR) is 80.2 cm³/mol. The number of aryl methyl sites for hydroxylation is 1. The molecule has 0 bridgehead atoms. The number of hydrogen-bond donors (Lipinski definition) is 0. The quantitative estimate of drug-likeness (QED) is 0.370. The zero-order valence-electron chi connectivity index (χ0n) is 13.6. The Morgan fingerprint density at radius 1 is 1.15 bits per heavy atom. The number of hydrogen-bond acceptors (Lipinski definition) is 10. The molecule has 0 aromatic carbocycles. The van der Waals surface area contributed by atoms with Crippen molar-refractivity contribution in [2.24, 2.45) is 7.05 Å². The van der Waals surface area contributed by atoms with E-state index in [0.29, 0.717) is 0 Å². The van der Waals surface area contributed by atoms with Crippen LogP contribution in [-0.2, 0) is 35.6 Å². The van der Waals surface area contributed by atoms with Crippen molar-refractivity contribution in [3.63, 3.8) is 0 Å². The summed E-state index contributed by atoms with van der Waals surface area (Å²) in [5, 5.41) is 0. The molecule has 2 rings (SSSR count). The van der Waals surface area contributed by atoms with Crippen molar-refractivity contribution in [3.8, 4) is 0 Å². The fourth-order valence-electron chi connectivity index (χ4n) is 1.75.